The number of alkyl halides is 5. The van der Waals surface area contributed by atoms with Crippen LogP contribution in [0, 0.1) is 5.92 Å². The third-order valence-electron chi connectivity index (χ3n) is 3.39. The Labute approximate surface area is 107 Å². The number of hydrogen-bond donors (Lipinski definition) is 1. The molecule has 6 heteroatoms. The summed E-state index contributed by atoms with van der Waals surface area (Å²) in [5.41, 5.74) is -0.258. The van der Waals surface area contributed by atoms with Gasteiger partial charge in [0.05, 0.1) is 5.56 Å². The fraction of sp³-hybridized carbons (Fsp3) is 0.538. The highest BCUT2D eigenvalue weighted by Gasteiger charge is 2.41. The van der Waals surface area contributed by atoms with E-state index in [-0.39, 0.29) is 25.9 Å². The Hall–Kier alpha value is -1.17. The van der Waals surface area contributed by atoms with Gasteiger partial charge in [-0.15, -0.1) is 0 Å². The standard InChI is InChI=1S/C13H14F5N/c14-12(15)5-6-19-8-11(12)7-9-1-3-10(4-2-9)13(16,17)18/h1-4,11,19H,5-8H2. The first-order valence-electron chi connectivity index (χ1n) is 6.04. The van der Waals surface area contributed by atoms with E-state index < -0.39 is 23.6 Å². The van der Waals surface area contributed by atoms with Crippen LogP contribution in [0.5, 0.6) is 0 Å². The minimum atomic E-state index is -4.39. The zero-order chi connectivity index (χ0) is 14.1. The first kappa shape index (κ1) is 14.2. The first-order chi connectivity index (χ1) is 8.79. The molecule has 1 fully saturated rings. The van der Waals surface area contributed by atoms with Crippen molar-refractivity contribution in [1.29, 1.82) is 0 Å². The number of hydrogen-bond acceptors (Lipinski definition) is 1. The molecule has 0 spiro atoms. The highest BCUT2D eigenvalue weighted by Crippen LogP contribution is 2.34. The molecule has 1 atom stereocenters. The number of piperidine rings is 1. The molecule has 1 aliphatic rings. The lowest BCUT2D eigenvalue weighted by Crippen LogP contribution is -2.45. The molecule has 106 valence electrons. The average Bonchev–Trinajstić information content (AvgIpc) is 2.31. The van der Waals surface area contributed by atoms with Crippen molar-refractivity contribution in [2.24, 2.45) is 5.92 Å². The monoisotopic (exact) mass is 279 g/mol. The highest BCUT2D eigenvalue weighted by atomic mass is 19.4. The lowest BCUT2D eigenvalue weighted by molar-refractivity contribution is -0.137. The van der Waals surface area contributed by atoms with Gasteiger partial charge in [-0.25, -0.2) is 8.78 Å². The number of rotatable bonds is 2. The van der Waals surface area contributed by atoms with Crippen LogP contribution in [0.15, 0.2) is 24.3 Å². The molecule has 1 aromatic carbocycles. The van der Waals surface area contributed by atoms with Crippen molar-refractivity contribution in [1.82, 2.24) is 5.32 Å². The van der Waals surface area contributed by atoms with Crippen LogP contribution >= 0.6 is 0 Å². The predicted molar refractivity (Wildman–Crippen MR) is 61.1 cm³/mol. The summed E-state index contributed by atoms with van der Waals surface area (Å²) >= 11 is 0. The van der Waals surface area contributed by atoms with Gasteiger partial charge in [-0.2, -0.15) is 13.2 Å². The normalized spacial score (nSPS) is 23.3. The minimum absolute atomic E-state index is 0.0815. The Kier molecular flexibility index (Phi) is 3.80. The summed E-state index contributed by atoms with van der Waals surface area (Å²) in [5, 5.41) is 2.89. The second kappa shape index (κ2) is 5.07. The van der Waals surface area contributed by atoms with E-state index in [9.17, 15) is 22.0 Å². The minimum Gasteiger partial charge on any atom is -0.316 e. The molecular formula is C13H14F5N. The fourth-order valence-electron chi connectivity index (χ4n) is 2.22. The number of halogens is 5. The van der Waals surface area contributed by atoms with Crippen molar-refractivity contribution in [2.45, 2.75) is 24.9 Å². The third-order valence-corrected chi connectivity index (χ3v) is 3.39. The zero-order valence-electron chi connectivity index (χ0n) is 10.1. The van der Waals surface area contributed by atoms with Crippen LogP contribution in [0.2, 0.25) is 0 Å². The maximum atomic E-state index is 13.6. The van der Waals surface area contributed by atoms with Gasteiger partial charge in [0.2, 0.25) is 0 Å². The van der Waals surface area contributed by atoms with Crippen LogP contribution in [-0.2, 0) is 12.6 Å². The second-order valence-electron chi connectivity index (χ2n) is 4.81. The van der Waals surface area contributed by atoms with Gasteiger partial charge < -0.3 is 5.32 Å². The van der Waals surface area contributed by atoms with Gasteiger partial charge in [-0.3, -0.25) is 0 Å². The maximum Gasteiger partial charge on any atom is 0.416 e. The summed E-state index contributed by atoms with van der Waals surface area (Å²) in [4.78, 5) is 0. The van der Waals surface area contributed by atoms with E-state index in [1.54, 1.807) is 0 Å². The summed E-state index contributed by atoms with van der Waals surface area (Å²) in [7, 11) is 0. The molecule has 0 aliphatic carbocycles. The first-order valence-corrected chi connectivity index (χ1v) is 6.04. The molecule has 0 amide bonds. The molecule has 1 aromatic rings. The van der Waals surface area contributed by atoms with Crippen molar-refractivity contribution in [2.75, 3.05) is 13.1 Å². The van der Waals surface area contributed by atoms with Crippen molar-refractivity contribution in [3.63, 3.8) is 0 Å². The number of benzene rings is 1. The van der Waals surface area contributed by atoms with Gasteiger partial charge >= 0.3 is 6.18 Å². The molecule has 1 aliphatic heterocycles. The van der Waals surface area contributed by atoms with E-state index in [1.807, 2.05) is 0 Å². The van der Waals surface area contributed by atoms with Crippen molar-refractivity contribution in [3.05, 3.63) is 35.4 Å². The molecule has 0 aromatic heterocycles. The van der Waals surface area contributed by atoms with Crippen LogP contribution in [0.3, 0.4) is 0 Å². The van der Waals surface area contributed by atoms with Crippen molar-refractivity contribution in [3.8, 4) is 0 Å². The van der Waals surface area contributed by atoms with Gasteiger partial charge in [0.25, 0.3) is 5.92 Å². The maximum absolute atomic E-state index is 13.6. The molecular weight excluding hydrogens is 265 g/mol. The van der Waals surface area contributed by atoms with E-state index in [2.05, 4.69) is 5.32 Å². The van der Waals surface area contributed by atoms with E-state index in [0.29, 0.717) is 5.56 Å². The van der Waals surface area contributed by atoms with Gasteiger partial charge in [0.15, 0.2) is 0 Å². The molecule has 2 rings (SSSR count). The predicted octanol–water partition coefficient (Wildman–Crippen LogP) is 3.49. The molecule has 0 bridgehead atoms. The Morgan fingerprint density at radius 2 is 1.79 bits per heavy atom. The highest BCUT2D eigenvalue weighted by molar-refractivity contribution is 5.25. The summed E-state index contributed by atoms with van der Waals surface area (Å²) in [5.74, 6) is -3.62. The van der Waals surface area contributed by atoms with E-state index >= 15 is 0 Å². The fourth-order valence-corrected chi connectivity index (χ4v) is 2.22. The zero-order valence-corrected chi connectivity index (χ0v) is 10.1. The Morgan fingerprint density at radius 1 is 1.16 bits per heavy atom. The van der Waals surface area contributed by atoms with Crippen LogP contribution in [0.25, 0.3) is 0 Å². The Bertz CT molecular complexity index is 424. The molecule has 19 heavy (non-hydrogen) atoms. The van der Waals surface area contributed by atoms with Gasteiger partial charge in [0, 0.05) is 25.4 Å². The van der Waals surface area contributed by atoms with Crippen LogP contribution in [-0.4, -0.2) is 19.0 Å². The lowest BCUT2D eigenvalue weighted by atomic mass is 9.88. The molecule has 0 saturated carbocycles. The van der Waals surface area contributed by atoms with Crippen molar-refractivity contribution >= 4 is 0 Å². The van der Waals surface area contributed by atoms with E-state index in [4.69, 9.17) is 0 Å². The molecule has 1 saturated heterocycles. The molecule has 1 nitrogen and oxygen atoms in total. The van der Waals surface area contributed by atoms with Crippen LogP contribution in [0.4, 0.5) is 22.0 Å². The van der Waals surface area contributed by atoms with E-state index in [0.717, 1.165) is 12.1 Å². The SMILES string of the molecule is FC(F)(F)c1ccc(CC2CNCCC2(F)F)cc1. The van der Waals surface area contributed by atoms with Gasteiger partial charge in [0.1, 0.15) is 0 Å². The topological polar surface area (TPSA) is 12.0 Å². The van der Waals surface area contributed by atoms with Crippen LogP contribution < -0.4 is 5.32 Å². The largest absolute Gasteiger partial charge is 0.416 e. The molecule has 1 heterocycles. The molecule has 1 N–H and O–H groups in total. The summed E-state index contributed by atoms with van der Waals surface area (Å²) in [6, 6.07) is 4.41. The quantitative estimate of drug-likeness (QED) is 0.817. The van der Waals surface area contributed by atoms with Crippen molar-refractivity contribution < 1.29 is 22.0 Å². The van der Waals surface area contributed by atoms with E-state index in [1.165, 1.54) is 12.1 Å². The van der Waals surface area contributed by atoms with Crippen LogP contribution in [0.1, 0.15) is 17.5 Å². The Balaban J connectivity index is 2.07. The lowest BCUT2D eigenvalue weighted by Gasteiger charge is -2.32. The number of nitrogens with one attached hydrogen (secondary N) is 1. The van der Waals surface area contributed by atoms with Gasteiger partial charge in [-0.1, -0.05) is 12.1 Å². The molecule has 0 radical (unpaired) electrons. The van der Waals surface area contributed by atoms with Gasteiger partial charge in [-0.05, 0) is 24.1 Å². The Morgan fingerprint density at radius 3 is 2.32 bits per heavy atom. The third kappa shape index (κ3) is 3.43. The summed E-state index contributed by atoms with van der Waals surface area (Å²) in [6.07, 6.45) is -4.54. The average molecular weight is 279 g/mol. The second-order valence-corrected chi connectivity index (χ2v) is 4.81. The summed E-state index contributed by atoms with van der Waals surface area (Å²) < 4.78 is 64.3. The molecule has 1 unspecified atom stereocenters. The smallest absolute Gasteiger partial charge is 0.316 e. The summed E-state index contributed by atoms with van der Waals surface area (Å²) in [6.45, 7) is 0.463.